The molecule has 1 heterocycles. The van der Waals surface area contributed by atoms with E-state index < -0.39 is 6.10 Å². The van der Waals surface area contributed by atoms with Gasteiger partial charge in [0.1, 0.15) is 0 Å². The van der Waals surface area contributed by atoms with Crippen LogP contribution in [-0.2, 0) is 0 Å². The van der Waals surface area contributed by atoms with Crippen molar-refractivity contribution in [3.63, 3.8) is 0 Å². The zero-order chi connectivity index (χ0) is 14.8. The number of fused-ring (bicyclic) bond motifs is 1. The Hall–Kier alpha value is -2.20. The van der Waals surface area contributed by atoms with Gasteiger partial charge in [0.15, 0.2) is 11.5 Å². The van der Waals surface area contributed by atoms with Crippen LogP contribution < -0.4 is 14.8 Å². The zero-order valence-corrected chi connectivity index (χ0v) is 12.2. The van der Waals surface area contributed by atoms with E-state index in [0.717, 1.165) is 17.0 Å². The summed E-state index contributed by atoms with van der Waals surface area (Å²) in [6.07, 6.45) is -0.598. The van der Waals surface area contributed by atoms with Crippen LogP contribution in [-0.4, -0.2) is 18.4 Å². The van der Waals surface area contributed by atoms with Gasteiger partial charge in [-0.15, -0.1) is 0 Å². The van der Waals surface area contributed by atoms with Crippen LogP contribution in [0.2, 0.25) is 0 Å². The second kappa shape index (κ2) is 5.66. The first-order valence-electron chi connectivity index (χ1n) is 7.03. The molecule has 0 radical (unpaired) electrons. The first kappa shape index (κ1) is 13.8. The zero-order valence-electron chi connectivity index (χ0n) is 12.2. The van der Waals surface area contributed by atoms with Crippen molar-refractivity contribution in [3.05, 3.63) is 53.1 Å². The normalized spacial score (nSPS) is 14.0. The van der Waals surface area contributed by atoms with Gasteiger partial charge in [0.2, 0.25) is 6.79 Å². The Balaban J connectivity index is 1.69. The Morgan fingerprint density at radius 3 is 2.81 bits per heavy atom. The first-order chi connectivity index (χ1) is 10.1. The molecule has 2 N–H and O–H groups in total. The molecular weight excluding hydrogens is 266 g/mol. The molecule has 0 aromatic heterocycles. The third kappa shape index (κ3) is 2.81. The Morgan fingerprint density at radius 1 is 1.14 bits per heavy atom. The molecule has 0 saturated heterocycles. The van der Waals surface area contributed by atoms with Crippen molar-refractivity contribution in [1.82, 2.24) is 0 Å². The van der Waals surface area contributed by atoms with Crippen molar-refractivity contribution in [1.29, 1.82) is 0 Å². The average molecular weight is 285 g/mol. The van der Waals surface area contributed by atoms with Gasteiger partial charge in [-0.2, -0.15) is 0 Å². The highest BCUT2D eigenvalue weighted by Gasteiger charge is 2.16. The molecule has 4 nitrogen and oxygen atoms in total. The van der Waals surface area contributed by atoms with E-state index in [9.17, 15) is 5.11 Å². The summed E-state index contributed by atoms with van der Waals surface area (Å²) < 4.78 is 10.6. The second-order valence-corrected chi connectivity index (χ2v) is 5.26. The van der Waals surface area contributed by atoms with E-state index in [1.165, 1.54) is 11.1 Å². The van der Waals surface area contributed by atoms with Gasteiger partial charge in [-0.1, -0.05) is 18.2 Å². The molecule has 0 fully saturated rings. The maximum Gasteiger partial charge on any atom is 0.231 e. The largest absolute Gasteiger partial charge is 0.454 e. The molecule has 0 spiro atoms. The van der Waals surface area contributed by atoms with Gasteiger partial charge >= 0.3 is 0 Å². The highest BCUT2D eigenvalue weighted by molar-refractivity contribution is 5.54. The third-order valence-electron chi connectivity index (χ3n) is 3.87. The quantitative estimate of drug-likeness (QED) is 0.906. The predicted molar refractivity (Wildman–Crippen MR) is 81.9 cm³/mol. The number of hydrogen-bond acceptors (Lipinski definition) is 4. The summed E-state index contributed by atoms with van der Waals surface area (Å²) in [5, 5.41) is 13.6. The van der Waals surface area contributed by atoms with Crippen LogP contribution in [0.15, 0.2) is 36.4 Å². The number of nitrogens with one attached hydrogen (secondary N) is 1. The number of aliphatic hydroxyl groups excluding tert-OH is 1. The molecule has 1 aliphatic heterocycles. The molecule has 1 aliphatic rings. The number of rotatable bonds is 4. The van der Waals surface area contributed by atoms with Crippen molar-refractivity contribution in [3.8, 4) is 11.5 Å². The Labute approximate surface area is 124 Å². The first-order valence-corrected chi connectivity index (χ1v) is 7.03. The van der Waals surface area contributed by atoms with Gasteiger partial charge < -0.3 is 19.9 Å². The van der Waals surface area contributed by atoms with Crippen LogP contribution >= 0.6 is 0 Å². The lowest BCUT2D eigenvalue weighted by Gasteiger charge is -2.16. The standard InChI is InChI=1S/C17H19NO3/c1-11-4-3-5-14(12(11)2)18-9-15(19)13-6-7-16-17(8-13)21-10-20-16/h3-8,15,18-19H,9-10H2,1-2H3. The Morgan fingerprint density at radius 2 is 1.95 bits per heavy atom. The van der Waals surface area contributed by atoms with Gasteiger partial charge in [-0.25, -0.2) is 0 Å². The summed E-state index contributed by atoms with van der Waals surface area (Å²) in [7, 11) is 0. The fourth-order valence-corrected chi connectivity index (χ4v) is 2.39. The van der Waals surface area contributed by atoms with E-state index in [-0.39, 0.29) is 6.79 Å². The molecule has 110 valence electrons. The number of ether oxygens (including phenoxy) is 2. The van der Waals surface area contributed by atoms with Crippen LogP contribution in [0.25, 0.3) is 0 Å². The van der Waals surface area contributed by atoms with Crippen LogP contribution in [0.5, 0.6) is 11.5 Å². The van der Waals surface area contributed by atoms with Gasteiger partial charge in [0.05, 0.1) is 6.10 Å². The van der Waals surface area contributed by atoms with E-state index in [1.807, 2.05) is 30.3 Å². The summed E-state index contributed by atoms with van der Waals surface area (Å²) in [4.78, 5) is 0. The molecule has 0 amide bonds. The van der Waals surface area contributed by atoms with Crippen molar-refractivity contribution >= 4 is 5.69 Å². The molecule has 2 aromatic carbocycles. The summed E-state index contributed by atoms with van der Waals surface area (Å²) in [6, 6.07) is 11.6. The van der Waals surface area contributed by atoms with Crippen molar-refractivity contribution in [2.24, 2.45) is 0 Å². The summed E-state index contributed by atoms with van der Waals surface area (Å²) in [6.45, 7) is 4.85. The fourth-order valence-electron chi connectivity index (χ4n) is 2.39. The number of aliphatic hydroxyl groups is 1. The SMILES string of the molecule is Cc1cccc(NCC(O)c2ccc3c(c2)OCO3)c1C. The molecule has 1 atom stereocenters. The number of hydrogen-bond donors (Lipinski definition) is 2. The summed E-state index contributed by atoms with van der Waals surface area (Å²) >= 11 is 0. The minimum atomic E-state index is -0.598. The van der Waals surface area contributed by atoms with E-state index in [0.29, 0.717) is 12.3 Å². The summed E-state index contributed by atoms with van der Waals surface area (Å²) in [5.74, 6) is 1.42. The molecule has 3 rings (SSSR count). The van der Waals surface area contributed by atoms with E-state index >= 15 is 0 Å². The Bertz CT molecular complexity index is 654. The van der Waals surface area contributed by atoms with Crippen LogP contribution in [0.3, 0.4) is 0 Å². The molecule has 4 heteroatoms. The van der Waals surface area contributed by atoms with Gasteiger partial charge in [0.25, 0.3) is 0 Å². The van der Waals surface area contributed by atoms with Gasteiger partial charge in [-0.3, -0.25) is 0 Å². The molecule has 0 aliphatic carbocycles. The maximum atomic E-state index is 10.3. The van der Waals surface area contributed by atoms with E-state index in [2.05, 4.69) is 25.2 Å². The highest BCUT2D eigenvalue weighted by atomic mass is 16.7. The lowest BCUT2D eigenvalue weighted by atomic mass is 10.1. The van der Waals surface area contributed by atoms with E-state index in [4.69, 9.17) is 9.47 Å². The predicted octanol–water partition coefficient (Wildman–Crippen LogP) is 3.18. The minimum absolute atomic E-state index is 0.246. The van der Waals surface area contributed by atoms with Crippen molar-refractivity contribution in [2.45, 2.75) is 20.0 Å². The van der Waals surface area contributed by atoms with Gasteiger partial charge in [0, 0.05) is 12.2 Å². The van der Waals surface area contributed by atoms with Crippen LogP contribution in [0, 0.1) is 13.8 Å². The molecule has 21 heavy (non-hydrogen) atoms. The fraction of sp³-hybridized carbons (Fsp3) is 0.294. The van der Waals surface area contributed by atoms with Crippen LogP contribution in [0.4, 0.5) is 5.69 Å². The molecule has 1 unspecified atom stereocenters. The second-order valence-electron chi connectivity index (χ2n) is 5.26. The average Bonchev–Trinajstić information content (AvgIpc) is 2.96. The lowest BCUT2D eigenvalue weighted by molar-refractivity contribution is 0.173. The maximum absolute atomic E-state index is 10.3. The topological polar surface area (TPSA) is 50.7 Å². The monoisotopic (exact) mass is 285 g/mol. The van der Waals surface area contributed by atoms with E-state index in [1.54, 1.807) is 0 Å². The molecule has 0 saturated carbocycles. The highest BCUT2D eigenvalue weighted by Crippen LogP contribution is 2.34. The molecule has 0 bridgehead atoms. The minimum Gasteiger partial charge on any atom is -0.454 e. The number of anilines is 1. The van der Waals surface area contributed by atoms with Crippen LogP contribution in [0.1, 0.15) is 22.8 Å². The Kier molecular flexibility index (Phi) is 3.71. The summed E-state index contributed by atoms with van der Waals surface area (Å²) in [5.41, 5.74) is 4.31. The lowest BCUT2D eigenvalue weighted by Crippen LogP contribution is -2.13. The van der Waals surface area contributed by atoms with Crippen molar-refractivity contribution in [2.75, 3.05) is 18.7 Å². The number of aryl methyl sites for hydroxylation is 1. The molecule has 2 aromatic rings. The van der Waals surface area contributed by atoms with Crippen molar-refractivity contribution < 1.29 is 14.6 Å². The smallest absolute Gasteiger partial charge is 0.231 e. The van der Waals surface area contributed by atoms with Gasteiger partial charge in [-0.05, 0) is 48.7 Å². The third-order valence-corrected chi connectivity index (χ3v) is 3.87. The molecular formula is C17H19NO3. The number of benzene rings is 2.